The number of rotatable bonds is 6. The van der Waals surface area contributed by atoms with E-state index in [0.717, 1.165) is 22.9 Å². The first kappa shape index (κ1) is 18.6. The number of nitrogens with two attached hydrogens (primary N) is 1. The van der Waals surface area contributed by atoms with Gasteiger partial charge in [0.25, 0.3) is 5.91 Å². The highest BCUT2D eigenvalue weighted by atomic mass is 79.9. The molecule has 3 rings (SSSR count). The molecule has 0 saturated heterocycles. The van der Waals surface area contributed by atoms with Crippen molar-refractivity contribution in [2.24, 2.45) is 11.7 Å². The maximum atomic E-state index is 12.7. The lowest BCUT2D eigenvalue weighted by molar-refractivity contribution is -0.120. The van der Waals surface area contributed by atoms with Gasteiger partial charge in [-0.1, -0.05) is 28.1 Å². The number of amides is 3. The van der Waals surface area contributed by atoms with Gasteiger partial charge in [0.1, 0.15) is 6.04 Å². The Morgan fingerprint density at radius 3 is 2.62 bits per heavy atom. The minimum absolute atomic E-state index is 0.0117. The Hall–Kier alpha value is -2.19. The summed E-state index contributed by atoms with van der Waals surface area (Å²) in [5.41, 5.74) is 6.80. The Labute approximate surface area is 163 Å². The van der Waals surface area contributed by atoms with Crippen LogP contribution < -0.4 is 16.4 Å². The minimum Gasteiger partial charge on any atom is -0.368 e. The topological polar surface area (TPSA) is 101 Å². The molecule has 3 amide bonds. The third-order valence-electron chi connectivity index (χ3n) is 4.06. The number of carbonyl (C=O) groups is 3. The molecule has 4 N–H and O–H groups in total. The van der Waals surface area contributed by atoms with E-state index in [-0.39, 0.29) is 11.8 Å². The Balaban J connectivity index is 1.76. The Bertz CT molecular complexity index is 876. The fourth-order valence-corrected chi connectivity index (χ4v) is 3.94. The van der Waals surface area contributed by atoms with Crippen LogP contribution in [-0.4, -0.2) is 17.7 Å². The van der Waals surface area contributed by atoms with Gasteiger partial charge in [-0.25, -0.2) is 0 Å². The molecule has 8 heteroatoms. The van der Waals surface area contributed by atoms with E-state index in [1.54, 1.807) is 31.2 Å². The zero-order valence-corrected chi connectivity index (χ0v) is 16.4. The highest BCUT2D eigenvalue weighted by Gasteiger charge is 2.30. The van der Waals surface area contributed by atoms with E-state index < -0.39 is 17.9 Å². The number of hydrogen-bond donors (Lipinski definition) is 3. The van der Waals surface area contributed by atoms with Crippen LogP contribution >= 0.6 is 27.3 Å². The summed E-state index contributed by atoms with van der Waals surface area (Å²) in [5, 5.41) is 6.15. The highest BCUT2D eigenvalue weighted by molar-refractivity contribution is 9.10. The van der Waals surface area contributed by atoms with E-state index in [2.05, 4.69) is 26.6 Å². The van der Waals surface area contributed by atoms with Gasteiger partial charge < -0.3 is 16.4 Å². The molecule has 1 aromatic heterocycles. The second-order valence-corrected chi connectivity index (χ2v) is 8.22. The molecule has 2 aromatic rings. The van der Waals surface area contributed by atoms with E-state index in [9.17, 15) is 14.4 Å². The lowest BCUT2D eigenvalue weighted by atomic mass is 10.1. The minimum atomic E-state index is -0.939. The summed E-state index contributed by atoms with van der Waals surface area (Å²) in [4.78, 5) is 36.8. The van der Waals surface area contributed by atoms with Crippen LogP contribution in [0.4, 0.5) is 5.00 Å². The molecule has 1 heterocycles. The van der Waals surface area contributed by atoms with Crippen molar-refractivity contribution in [1.29, 1.82) is 0 Å². The average Bonchev–Trinajstić information content (AvgIpc) is 3.36. The van der Waals surface area contributed by atoms with Crippen LogP contribution in [-0.2, 0) is 9.59 Å². The first-order valence-electron chi connectivity index (χ1n) is 8.12. The van der Waals surface area contributed by atoms with Gasteiger partial charge in [-0.05, 0) is 49.1 Å². The van der Waals surface area contributed by atoms with Crippen molar-refractivity contribution in [3.8, 4) is 0 Å². The summed E-state index contributed by atoms with van der Waals surface area (Å²) >= 11 is 4.53. The molecule has 0 aliphatic heterocycles. The first-order valence-corrected chi connectivity index (χ1v) is 9.73. The summed E-state index contributed by atoms with van der Waals surface area (Å²) in [7, 11) is 0. The molecule has 1 saturated carbocycles. The summed E-state index contributed by atoms with van der Waals surface area (Å²) in [6.07, 6.45) is 1.83. The van der Waals surface area contributed by atoms with Gasteiger partial charge in [0.05, 0.1) is 9.88 Å². The third kappa shape index (κ3) is 4.31. The predicted molar refractivity (Wildman–Crippen MR) is 104 cm³/mol. The third-order valence-corrected chi connectivity index (χ3v) is 5.71. The van der Waals surface area contributed by atoms with Gasteiger partial charge in [0.2, 0.25) is 11.8 Å². The molecule has 0 spiro atoms. The number of nitrogens with one attached hydrogen (secondary N) is 2. The lowest BCUT2D eigenvalue weighted by Gasteiger charge is -2.16. The number of aryl methyl sites for hydroxylation is 1. The molecule has 1 atom stereocenters. The van der Waals surface area contributed by atoms with Gasteiger partial charge in [-0.2, -0.15) is 0 Å². The smallest absolute Gasteiger partial charge is 0.262 e. The van der Waals surface area contributed by atoms with E-state index >= 15 is 0 Å². The van der Waals surface area contributed by atoms with Crippen molar-refractivity contribution in [3.05, 3.63) is 50.8 Å². The van der Waals surface area contributed by atoms with Crippen LogP contribution in [0.15, 0.2) is 34.8 Å². The van der Waals surface area contributed by atoms with Gasteiger partial charge in [0.15, 0.2) is 0 Å². The lowest BCUT2D eigenvalue weighted by Crippen LogP contribution is -2.37. The van der Waals surface area contributed by atoms with Crippen LogP contribution in [0.5, 0.6) is 0 Å². The molecule has 6 nitrogen and oxygen atoms in total. The van der Waals surface area contributed by atoms with Crippen LogP contribution in [0.3, 0.4) is 0 Å². The van der Waals surface area contributed by atoms with Gasteiger partial charge in [-0.3, -0.25) is 14.4 Å². The number of benzene rings is 1. The van der Waals surface area contributed by atoms with E-state index in [0.29, 0.717) is 15.4 Å². The number of hydrogen-bond acceptors (Lipinski definition) is 4. The normalized spacial score (nSPS) is 14.5. The van der Waals surface area contributed by atoms with Gasteiger partial charge in [-0.15, -0.1) is 11.3 Å². The van der Waals surface area contributed by atoms with Crippen molar-refractivity contribution >= 4 is 50.0 Å². The number of thiophene rings is 1. The van der Waals surface area contributed by atoms with E-state index in [4.69, 9.17) is 5.73 Å². The fraction of sp³-hybridized carbons (Fsp3) is 0.278. The van der Waals surface area contributed by atoms with Crippen LogP contribution in [0.1, 0.15) is 39.7 Å². The van der Waals surface area contributed by atoms with Crippen molar-refractivity contribution in [1.82, 2.24) is 5.32 Å². The number of halogens is 1. The molecule has 1 aliphatic rings. The molecular weight excluding hydrogens is 418 g/mol. The second kappa shape index (κ2) is 7.59. The average molecular weight is 436 g/mol. The van der Waals surface area contributed by atoms with Crippen molar-refractivity contribution in [3.63, 3.8) is 0 Å². The molecule has 0 bridgehead atoms. The number of primary amides is 1. The van der Waals surface area contributed by atoms with Crippen molar-refractivity contribution in [2.75, 3.05) is 5.32 Å². The number of anilines is 1. The first-order chi connectivity index (χ1) is 12.3. The quantitative estimate of drug-likeness (QED) is 0.649. The summed E-state index contributed by atoms with van der Waals surface area (Å²) in [6, 6.07) is 7.87. The zero-order valence-electron chi connectivity index (χ0n) is 14.0. The van der Waals surface area contributed by atoms with E-state index in [1.807, 2.05) is 6.07 Å². The number of carbonyl (C=O) groups excluding carboxylic acids is 3. The fourth-order valence-electron chi connectivity index (χ4n) is 2.54. The van der Waals surface area contributed by atoms with Gasteiger partial charge >= 0.3 is 0 Å². The van der Waals surface area contributed by atoms with E-state index in [1.165, 1.54) is 11.3 Å². The van der Waals surface area contributed by atoms with Crippen LogP contribution in [0.25, 0.3) is 0 Å². The molecule has 1 unspecified atom stereocenters. The molecule has 0 radical (unpaired) electrons. The van der Waals surface area contributed by atoms with Crippen molar-refractivity contribution in [2.45, 2.75) is 25.8 Å². The van der Waals surface area contributed by atoms with Crippen LogP contribution in [0, 0.1) is 12.8 Å². The molecule has 136 valence electrons. The second-order valence-electron chi connectivity index (χ2n) is 6.25. The summed E-state index contributed by atoms with van der Waals surface area (Å²) in [6.45, 7) is 1.79. The molecule has 1 fully saturated rings. The summed E-state index contributed by atoms with van der Waals surface area (Å²) in [5.74, 6) is -0.969. The predicted octanol–water partition coefficient (Wildman–Crippen LogP) is 3.12. The SMILES string of the molecule is Cc1cc(NC(=O)C2CC2)sc1C(=O)NC(C(N)=O)c1cccc(Br)c1. The highest BCUT2D eigenvalue weighted by Crippen LogP contribution is 2.33. The summed E-state index contributed by atoms with van der Waals surface area (Å²) < 4.78 is 0.785. The standard InChI is InChI=1S/C18H18BrN3O3S/c1-9-7-13(21-17(24)10-5-6-10)26-15(9)18(25)22-14(16(20)23)11-3-2-4-12(19)8-11/h2-4,7-8,10,14H,5-6H2,1H3,(H2,20,23)(H,21,24)(H,22,25). The maximum absolute atomic E-state index is 12.7. The van der Waals surface area contributed by atoms with Gasteiger partial charge in [0, 0.05) is 10.4 Å². The monoisotopic (exact) mass is 435 g/mol. The molecular formula is C18H18BrN3O3S. The largest absolute Gasteiger partial charge is 0.368 e. The Morgan fingerprint density at radius 1 is 1.27 bits per heavy atom. The Kier molecular flexibility index (Phi) is 5.43. The zero-order chi connectivity index (χ0) is 18.8. The Morgan fingerprint density at radius 2 is 2.00 bits per heavy atom. The van der Waals surface area contributed by atoms with Crippen LogP contribution in [0.2, 0.25) is 0 Å². The molecule has 1 aliphatic carbocycles. The maximum Gasteiger partial charge on any atom is 0.262 e. The van der Waals surface area contributed by atoms with Crippen molar-refractivity contribution < 1.29 is 14.4 Å². The molecule has 1 aromatic carbocycles. The molecule has 26 heavy (non-hydrogen) atoms.